The van der Waals surface area contributed by atoms with Crippen LogP contribution in [0.5, 0.6) is 0 Å². The highest BCUT2D eigenvalue weighted by molar-refractivity contribution is 9.10. The van der Waals surface area contributed by atoms with Crippen LogP contribution in [0.15, 0.2) is 10.8 Å². The van der Waals surface area contributed by atoms with Crippen LogP contribution < -0.4 is 0 Å². The van der Waals surface area contributed by atoms with Crippen molar-refractivity contribution in [1.29, 1.82) is 0 Å². The molecular formula is C8H9BrN2O2. The Morgan fingerprint density at radius 2 is 2.38 bits per heavy atom. The Labute approximate surface area is 84.5 Å². The van der Waals surface area contributed by atoms with Gasteiger partial charge in [0, 0.05) is 0 Å². The number of hydrogen-bond donors (Lipinski definition) is 0. The number of ether oxygens (including phenoxy) is 1. The van der Waals surface area contributed by atoms with E-state index in [1.165, 1.54) is 6.20 Å². The Morgan fingerprint density at radius 1 is 1.69 bits per heavy atom. The molecule has 0 aliphatic heterocycles. The van der Waals surface area contributed by atoms with E-state index in [-0.39, 0.29) is 5.69 Å². The van der Waals surface area contributed by atoms with Crippen molar-refractivity contribution in [1.82, 2.24) is 9.97 Å². The molecule has 1 aromatic rings. The highest BCUT2D eigenvalue weighted by Gasteiger charge is 2.09. The van der Waals surface area contributed by atoms with Gasteiger partial charge in [0.2, 0.25) is 0 Å². The summed E-state index contributed by atoms with van der Waals surface area (Å²) in [4.78, 5) is 19.1. The van der Waals surface area contributed by atoms with E-state index < -0.39 is 5.97 Å². The summed E-state index contributed by atoms with van der Waals surface area (Å²) in [6, 6.07) is 0. The largest absolute Gasteiger partial charge is 0.461 e. The van der Waals surface area contributed by atoms with Gasteiger partial charge < -0.3 is 4.74 Å². The van der Waals surface area contributed by atoms with Gasteiger partial charge in [-0.25, -0.2) is 14.8 Å². The normalized spacial score (nSPS) is 9.77. The van der Waals surface area contributed by atoms with Crippen molar-refractivity contribution in [3.63, 3.8) is 0 Å². The van der Waals surface area contributed by atoms with E-state index in [4.69, 9.17) is 4.74 Å². The fourth-order valence-electron chi connectivity index (χ4n) is 0.770. The highest BCUT2D eigenvalue weighted by Crippen LogP contribution is 2.10. The van der Waals surface area contributed by atoms with Crippen LogP contribution in [0.25, 0.3) is 0 Å². The molecule has 0 saturated heterocycles. The van der Waals surface area contributed by atoms with Crippen molar-refractivity contribution < 1.29 is 9.53 Å². The molecule has 0 unspecified atom stereocenters. The van der Waals surface area contributed by atoms with Crippen molar-refractivity contribution in [2.24, 2.45) is 0 Å². The van der Waals surface area contributed by atoms with E-state index in [1.54, 1.807) is 13.8 Å². The van der Waals surface area contributed by atoms with Crippen LogP contribution in [0.3, 0.4) is 0 Å². The second kappa shape index (κ2) is 4.32. The maximum atomic E-state index is 11.2. The van der Waals surface area contributed by atoms with Gasteiger partial charge in [0.05, 0.1) is 18.5 Å². The molecule has 0 N–H and O–H groups in total. The first kappa shape index (κ1) is 10.1. The lowest BCUT2D eigenvalue weighted by Gasteiger charge is -2.01. The maximum absolute atomic E-state index is 11.2. The molecule has 0 amide bonds. The van der Waals surface area contributed by atoms with E-state index in [9.17, 15) is 4.79 Å². The second-order valence-electron chi connectivity index (χ2n) is 2.35. The molecule has 5 heteroatoms. The minimum Gasteiger partial charge on any atom is -0.461 e. The van der Waals surface area contributed by atoms with Crippen LogP contribution in [0.1, 0.15) is 23.1 Å². The number of esters is 1. The monoisotopic (exact) mass is 244 g/mol. The van der Waals surface area contributed by atoms with Crippen LogP contribution >= 0.6 is 15.9 Å². The van der Waals surface area contributed by atoms with Gasteiger partial charge >= 0.3 is 5.97 Å². The van der Waals surface area contributed by atoms with E-state index in [0.29, 0.717) is 16.9 Å². The molecule has 1 rings (SSSR count). The van der Waals surface area contributed by atoms with Gasteiger partial charge in [0.15, 0.2) is 5.69 Å². The number of aryl methyl sites for hydroxylation is 1. The topological polar surface area (TPSA) is 52.1 Å². The van der Waals surface area contributed by atoms with Gasteiger partial charge in [0.1, 0.15) is 4.60 Å². The zero-order chi connectivity index (χ0) is 9.84. The first-order valence-corrected chi connectivity index (χ1v) is 4.60. The minimum atomic E-state index is -0.439. The summed E-state index contributed by atoms with van der Waals surface area (Å²) < 4.78 is 5.41. The van der Waals surface area contributed by atoms with Crippen molar-refractivity contribution in [3.8, 4) is 0 Å². The molecule has 0 atom stereocenters. The van der Waals surface area contributed by atoms with E-state index in [0.717, 1.165) is 0 Å². The first-order valence-electron chi connectivity index (χ1n) is 3.81. The quantitative estimate of drug-likeness (QED) is 0.744. The molecule has 0 bridgehead atoms. The fraction of sp³-hybridized carbons (Fsp3) is 0.375. The zero-order valence-electron chi connectivity index (χ0n) is 7.37. The number of halogens is 1. The number of carbonyl (C=O) groups excluding carboxylic acids is 1. The molecule has 0 aliphatic carbocycles. The summed E-state index contributed by atoms with van der Waals surface area (Å²) in [6.45, 7) is 3.85. The predicted octanol–water partition coefficient (Wildman–Crippen LogP) is 1.72. The van der Waals surface area contributed by atoms with Crippen LogP contribution in [0, 0.1) is 6.92 Å². The van der Waals surface area contributed by atoms with Crippen molar-refractivity contribution in [3.05, 3.63) is 22.2 Å². The van der Waals surface area contributed by atoms with Gasteiger partial charge in [-0.1, -0.05) is 0 Å². The van der Waals surface area contributed by atoms with Gasteiger partial charge in [-0.2, -0.15) is 0 Å². The Balaban J connectivity index is 2.90. The molecule has 0 fully saturated rings. The third kappa shape index (κ3) is 2.48. The van der Waals surface area contributed by atoms with Gasteiger partial charge in [-0.3, -0.25) is 0 Å². The summed E-state index contributed by atoms with van der Waals surface area (Å²) in [7, 11) is 0. The van der Waals surface area contributed by atoms with Crippen molar-refractivity contribution in [2.75, 3.05) is 6.61 Å². The maximum Gasteiger partial charge on any atom is 0.358 e. The third-order valence-corrected chi connectivity index (χ3v) is 2.15. The number of aromatic nitrogens is 2. The van der Waals surface area contributed by atoms with Gasteiger partial charge in [0.25, 0.3) is 0 Å². The van der Waals surface area contributed by atoms with E-state index >= 15 is 0 Å². The standard InChI is InChI=1S/C8H9BrN2O2/c1-3-13-8(12)6-4-10-7(9)5(2)11-6/h4H,3H2,1-2H3. The van der Waals surface area contributed by atoms with Crippen LogP contribution in [-0.2, 0) is 4.74 Å². The molecule has 0 radical (unpaired) electrons. The molecule has 1 heterocycles. The number of nitrogens with zero attached hydrogens (tertiary/aromatic N) is 2. The average Bonchev–Trinajstić information content (AvgIpc) is 2.10. The van der Waals surface area contributed by atoms with E-state index in [2.05, 4.69) is 25.9 Å². The first-order chi connectivity index (χ1) is 6.15. The SMILES string of the molecule is CCOC(=O)c1cnc(Br)c(C)n1. The lowest BCUT2D eigenvalue weighted by Crippen LogP contribution is -2.08. The highest BCUT2D eigenvalue weighted by atomic mass is 79.9. The molecule has 0 saturated carbocycles. The van der Waals surface area contributed by atoms with E-state index in [1.807, 2.05) is 0 Å². The molecule has 0 aromatic carbocycles. The van der Waals surface area contributed by atoms with Gasteiger partial charge in [-0.05, 0) is 29.8 Å². The second-order valence-corrected chi connectivity index (χ2v) is 3.10. The number of rotatable bonds is 2. The summed E-state index contributed by atoms with van der Waals surface area (Å²) in [5, 5.41) is 0. The molecule has 4 nitrogen and oxygen atoms in total. The third-order valence-electron chi connectivity index (χ3n) is 1.37. The van der Waals surface area contributed by atoms with Gasteiger partial charge in [-0.15, -0.1) is 0 Å². The van der Waals surface area contributed by atoms with Crippen molar-refractivity contribution >= 4 is 21.9 Å². The lowest BCUT2D eigenvalue weighted by atomic mass is 10.4. The van der Waals surface area contributed by atoms with Crippen LogP contribution in [-0.4, -0.2) is 22.5 Å². The van der Waals surface area contributed by atoms with Crippen LogP contribution in [0.2, 0.25) is 0 Å². The van der Waals surface area contributed by atoms with Crippen molar-refractivity contribution in [2.45, 2.75) is 13.8 Å². The smallest absolute Gasteiger partial charge is 0.358 e. The van der Waals surface area contributed by atoms with Crippen LogP contribution in [0.4, 0.5) is 0 Å². The fourth-order valence-corrected chi connectivity index (χ4v) is 0.961. The zero-order valence-corrected chi connectivity index (χ0v) is 8.96. The minimum absolute atomic E-state index is 0.238. The molecule has 70 valence electrons. The summed E-state index contributed by atoms with van der Waals surface area (Å²) in [6.07, 6.45) is 1.38. The Kier molecular flexibility index (Phi) is 3.36. The molecule has 1 aromatic heterocycles. The summed E-state index contributed by atoms with van der Waals surface area (Å²) >= 11 is 3.19. The Hall–Kier alpha value is -0.970. The molecule has 13 heavy (non-hydrogen) atoms. The summed E-state index contributed by atoms with van der Waals surface area (Å²) in [5.41, 5.74) is 0.910. The summed E-state index contributed by atoms with van der Waals surface area (Å²) in [5.74, 6) is -0.439. The molecular weight excluding hydrogens is 236 g/mol. The Bertz CT molecular complexity index is 328. The number of carbonyl (C=O) groups is 1. The Morgan fingerprint density at radius 3 is 2.92 bits per heavy atom. The number of hydrogen-bond acceptors (Lipinski definition) is 4. The molecule has 0 aliphatic rings. The average molecular weight is 245 g/mol. The predicted molar refractivity (Wildman–Crippen MR) is 50.4 cm³/mol. The molecule has 0 spiro atoms. The lowest BCUT2D eigenvalue weighted by molar-refractivity contribution is 0.0518.